The van der Waals surface area contributed by atoms with Crippen LogP contribution in [-0.2, 0) is 4.79 Å². The molecule has 0 aliphatic heterocycles. The first-order valence-corrected chi connectivity index (χ1v) is 5.78. The molecule has 1 aromatic rings. The van der Waals surface area contributed by atoms with Crippen molar-refractivity contribution >= 4 is 34.9 Å². The van der Waals surface area contributed by atoms with E-state index in [9.17, 15) is 4.79 Å². The summed E-state index contributed by atoms with van der Waals surface area (Å²) in [5.74, 6) is -1.09. The second kappa shape index (κ2) is 4.52. The van der Waals surface area contributed by atoms with Gasteiger partial charge in [0, 0.05) is 11.1 Å². The number of carboxylic acid groups (broad SMARTS) is 1. The molecule has 86 valence electrons. The smallest absolute Gasteiger partial charge is 0.308 e. The number of carboxylic acids is 1. The highest BCUT2D eigenvalue weighted by molar-refractivity contribution is 6.35. The fraction of sp³-hybridized carbons (Fsp3) is 0.364. The Morgan fingerprint density at radius 2 is 2.12 bits per heavy atom. The summed E-state index contributed by atoms with van der Waals surface area (Å²) in [5, 5.41) is 13.2. The van der Waals surface area contributed by atoms with Crippen molar-refractivity contribution < 1.29 is 9.90 Å². The van der Waals surface area contributed by atoms with E-state index in [1.165, 1.54) is 0 Å². The number of carbonyl (C=O) groups is 1. The van der Waals surface area contributed by atoms with Gasteiger partial charge in [0.1, 0.15) is 0 Å². The van der Waals surface area contributed by atoms with Crippen molar-refractivity contribution in [1.29, 1.82) is 0 Å². The minimum Gasteiger partial charge on any atom is -0.481 e. The largest absolute Gasteiger partial charge is 0.481 e. The third kappa shape index (κ3) is 2.25. The van der Waals surface area contributed by atoms with E-state index in [-0.39, 0.29) is 12.0 Å². The Bertz CT molecular complexity index is 422. The Kier molecular flexibility index (Phi) is 3.26. The maximum atomic E-state index is 10.8. The van der Waals surface area contributed by atoms with E-state index in [1.54, 1.807) is 18.2 Å². The average molecular weight is 260 g/mol. The third-order valence-corrected chi connectivity index (χ3v) is 3.43. The van der Waals surface area contributed by atoms with Gasteiger partial charge in [0.15, 0.2) is 0 Å². The molecule has 0 aromatic heterocycles. The van der Waals surface area contributed by atoms with Gasteiger partial charge in [0.2, 0.25) is 0 Å². The van der Waals surface area contributed by atoms with Crippen molar-refractivity contribution in [2.75, 3.05) is 5.32 Å². The van der Waals surface area contributed by atoms with Crippen LogP contribution < -0.4 is 5.32 Å². The summed E-state index contributed by atoms with van der Waals surface area (Å²) < 4.78 is 0. The van der Waals surface area contributed by atoms with E-state index in [1.807, 2.05) is 0 Å². The van der Waals surface area contributed by atoms with E-state index < -0.39 is 5.97 Å². The molecule has 2 atom stereocenters. The fourth-order valence-electron chi connectivity index (χ4n) is 1.78. The molecule has 1 aliphatic rings. The first-order chi connectivity index (χ1) is 7.58. The SMILES string of the molecule is O=C(O)C1CCC1Nc1cc(Cl)ccc1Cl. The van der Waals surface area contributed by atoms with Crippen molar-refractivity contribution in [2.45, 2.75) is 18.9 Å². The molecule has 5 heteroatoms. The molecule has 0 heterocycles. The minimum atomic E-state index is -0.762. The van der Waals surface area contributed by atoms with Gasteiger partial charge in [-0.15, -0.1) is 0 Å². The molecular formula is C11H11Cl2NO2. The van der Waals surface area contributed by atoms with E-state index in [2.05, 4.69) is 5.32 Å². The van der Waals surface area contributed by atoms with Gasteiger partial charge < -0.3 is 10.4 Å². The van der Waals surface area contributed by atoms with Crippen LogP contribution in [0, 0.1) is 5.92 Å². The third-order valence-electron chi connectivity index (χ3n) is 2.86. The van der Waals surface area contributed by atoms with E-state index >= 15 is 0 Å². The van der Waals surface area contributed by atoms with Crippen molar-refractivity contribution in [2.24, 2.45) is 5.92 Å². The number of hydrogen-bond donors (Lipinski definition) is 2. The van der Waals surface area contributed by atoms with Crippen molar-refractivity contribution in [3.05, 3.63) is 28.2 Å². The number of rotatable bonds is 3. The minimum absolute atomic E-state index is 0.0477. The lowest BCUT2D eigenvalue weighted by atomic mass is 9.79. The zero-order valence-corrected chi connectivity index (χ0v) is 9.92. The van der Waals surface area contributed by atoms with Crippen molar-refractivity contribution in [1.82, 2.24) is 0 Å². The lowest BCUT2D eigenvalue weighted by molar-refractivity contribution is -0.144. The normalized spacial score (nSPS) is 23.6. The van der Waals surface area contributed by atoms with Gasteiger partial charge in [-0.1, -0.05) is 23.2 Å². The number of aliphatic carboxylic acids is 1. The van der Waals surface area contributed by atoms with E-state index in [4.69, 9.17) is 28.3 Å². The van der Waals surface area contributed by atoms with Crippen LogP contribution in [0.4, 0.5) is 5.69 Å². The number of benzene rings is 1. The van der Waals surface area contributed by atoms with Crippen LogP contribution in [0.5, 0.6) is 0 Å². The first-order valence-electron chi connectivity index (χ1n) is 5.02. The topological polar surface area (TPSA) is 49.3 Å². The molecule has 1 fully saturated rings. The van der Waals surface area contributed by atoms with Gasteiger partial charge >= 0.3 is 5.97 Å². The lowest BCUT2D eigenvalue weighted by Crippen LogP contribution is -2.43. The van der Waals surface area contributed by atoms with Gasteiger partial charge in [-0.25, -0.2) is 0 Å². The van der Waals surface area contributed by atoms with Crippen LogP contribution in [0.1, 0.15) is 12.8 Å². The molecule has 0 radical (unpaired) electrons. The molecule has 2 unspecified atom stereocenters. The zero-order chi connectivity index (χ0) is 11.7. The van der Waals surface area contributed by atoms with Gasteiger partial charge in [0.05, 0.1) is 16.6 Å². The number of nitrogens with one attached hydrogen (secondary N) is 1. The molecule has 3 nitrogen and oxygen atoms in total. The summed E-state index contributed by atoms with van der Waals surface area (Å²) in [6.45, 7) is 0. The van der Waals surface area contributed by atoms with Crippen molar-refractivity contribution in [3.63, 3.8) is 0 Å². The summed E-state index contributed by atoms with van der Waals surface area (Å²) >= 11 is 11.8. The molecule has 0 amide bonds. The van der Waals surface area contributed by atoms with Crippen molar-refractivity contribution in [3.8, 4) is 0 Å². The first kappa shape index (κ1) is 11.6. The van der Waals surface area contributed by atoms with Gasteiger partial charge in [0.25, 0.3) is 0 Å². The number of anilines is 1. The molecule has 1 aromatic carbocycles. The van der Waals surface area contributed by atoms with Crippen LogP contribution in [0.25, 0.3) is 0 Å². The summed E-state index contributed by atoms with van der Waals surface area (Å²) in [5.41, 5.74) is 0.699. The highest BCUT2D eigenvalue weighted by Gasteiger charge is 2.36. The highest BCUT2D eigenvalue weighted by Crippen LogP contribution is 2.33. The summed E-state index contributed by atoms with van der Waals surface area (Å²) in [6, 6.07) is 5.06. The maximum Gasteiger partial charge on any atom is 0.308 e. The Morgan fingerprint density at radius 1 is 1.38 bits per heavy atom. The maximum absolute atomic E-state index is 10.8. The zero-order valence-electron chi connectivity index (χ0n) is 8.41. The second-order valence-corrected chi connectivity index (χ2v) is 4.74. The quantitative estimate of drug-likeness (QED) is 0.876. The van der Waals surface area contributed by atoms with E-state index in [0.29, 0.717) is 22.2 Å². The number of halogens is 2. The summed E-state index contributed by atoms with van der Waals surface area (Å²) in [4.78, 5) is 10.8. The van der Waals surface area contributed by atoms with Crippen LogP contribution in [0.3, 0.4) is 0 Å². The molecular weight excluding hydrogens is 249 g/mol. The summed E-state index contributed by atoms with van der Waals surface area (Å²) in [7, 11) is 0. The molecule has 0 spiro atoms. The fourth-order valence-corrected chi connectivity index (χ4v) is 2.12. The Hall–Kier alpha value is -0.930. The summed E-state index contributed by atoms with van der Waals surface area (Å²) in [6.07, 6.45) is 1.56. The Balaban J connectivity index is 2.09. The van der Waals surface area contributed by atoms with E-state index in [0.717, 1.165) is 6.42 Å². The molecule has 2 N–H and O–H groups in total. The second-order valence-electron chi connectivity index (χ2n) is 3.90. The Morgan fingerprint density at radius 3 is 2.69 bits per heavy atom. The number of hydrogen-bond acceptors (Lipinski definition) is 2. The molecule has 0 saturated heterocycles. The standard InChI is InChI=1S/C11H11Cl2NO2/c12-6-1-3-8(13)10(5-6)14-9-4-2-7(9)11(15)16/h1,3,5,7,9,14H,2,4H2,(H,15,16). The van der Waals surface area contributed by atoms with Crippen LogP contribution in [0.2, 0.25) is 10.0 Å². The van der Waals surface area contributed by atoms with Gasteiger partial charge in [-0.3, -0.25) is 4.79 Å². The van der Waals surface area contributed by atoms with Crippen LogP contribution in [-0.4, -0.2) is 17.1 Å². The highest BCUT2D eigenvalue weighted by atomic mass is 35.5. The molecule has 1 saturated carbocycles. The lowest BCUT2D eigenvalue weighted by Gasteiger charge is -2.35. The molecule has 2 rings (SSSR count). The van der Waals surface area contributed by atoms with Crippen LogP contribution >= 0.6 is 23.2 Å². The van der Waals surface area contributed by atoms with Crippen LogP contribution in [0.15, 0.2) is 18.2 Å². The van der Waals surface area contributed by atoms with Gasteiger partial charge in [-0.2, -0.15) is 0 Å². The molecule has 0 bridgehead atoms. The molecule has 1 aliphatic carbocycles. The predicted molar refractivity (Wildman–Crippen MR) is 64.2 cm³/mol. The monoisotopic (exact) mass is 259 g/mol. The van der Waals surface area contributed by atoms with Gasteiger partial charge in [-0.05, 0) is 31.0 Å². The predicted octanol–water partition coefficient (Wildman–Crippen LogP) is 3.27. The average Bonchev–Trinajstić information content (AvgIpc) is 2.16. The molecule has 16 heavy (non-hydrogen) atoms. The Labute approximate surface area is 103 Å².